The average Bonchev–Trinajstić information content (AvgIpc) is 3.17. The molecule has 142 valence electrons. The molecule has 1 aliphatic rings. The van der Waals surface area contributed by atoms with E-state index < -0.39 is 0 Å². The molecule has 0 amide bonds. The van der Waals surface area contributed by atoms with E-state index in [2.05, 4.69) is 42.4 Å². The molecule has 0 saturated heterocycles. The fourth-order valence-electron chi connectivity index (χ4n) is 3.99. The van der Waals surface area contributed by atoms with Crippen molar-refractivity contribution in [3.05, 3.63) is 43.1 Å². The van der Waals surface area contributed by atoms with Gasteiger partial charge < -0.3 is 15.0 Å². The van der Waals surface area contributed by atoms with Gasteiger partial charge in [0.15, 0.2) is 0 Å². The monoisotopic (exact) mass is 374 g/mol. The zero-order valence-electron chi connectivity index (χ0n) is 15.7. The summed E-state index contributed by atoms with van der Waals surface area (Å²) in [6.45, 7) is 0. The van der Waals surface area contributed by atoms with Gasteiger partial charge in [0.1, 0.15) is 12.0 Å². The van der Waals surface area contributed by atoms with Gasteiger partial charge in [-0.1, -0.05) is 6.07 Å². The quantitative estimate of drug-likeness (QED) is 0.562. The zero-order chi connectivity index (χ0) is 18.9. The van der Waals surface area contributed by atoms with E-state index in [0.717, 1.165) is 58.7 Å². The Morgan fingerprint density at radius 1 is 1.11 bits per heavy atom. The number of anilines is 1. The van der Waals surface area contributed by atoms with Gasteiger partial charge >= 0.3 is 0 Å². The lowest BCUT2D eigenvalue weighted by atomic mass is 9.93. The molecular weight excluding hydrogens is 352 g/mol. The Kier molecular flexibility index (Phi) is 4.37. The molecule has 0 radical (unpaired) electrons. The molecule has 2 N–H and O–H groups in total. The minimum atomic E-state index is 0.389. The largest absolute Gasteiger partial charge is 0.381 e. The molecule has 0 spiro atoms. The number of aromatic amines is 1. The van der Waals surface area contributed by atoms with Crippen LogP contribution in [0.4, 0.5) is 5.95 Å². The molecule has 0 bridgehead atoms. The van der Waals surface area contributed by atoms with Gasteiger partial charge in [0.2, 0.25) is 5.95 Å². The van der Waals surface area contributed by atoms with Crippen molar-refractivity contribution in [2.24, 2.45) is 0 Å². The highest BCUT2D eigenvalue weighted by molar-refractivity contribution is 5.96. The number of H-pyrrole nitrogens is 1. The third-order valence-corrected chi connectivity index (χ3v) is 5.59. The highest BCUT2D eigenvalue weighted by Gasteiger charge is 2.21. The molecule has 0 atom stereocenters. The van der Waals surface area contributed by atoms with Crippen LogP contribution in [-0.2, 0) is 4.74 Å². The summed E-state index contributed by atoms with van der Waals surface area (Å²) in [5.41, 5.74) is 3.94. The second-order valence-corrected chi connectivity index (χ2v) is 7.31. The number of nitrogens with zero attached hydrogens (tertiary/aromatic N) is 4. The molecule has 1 aromatic carbocycles. The summed E-state index contributed by atoms with van der Waals surface area (Å²) in [7, 11) is 1.79. The molecule has 4 aromatic rings. The number of aromatic nitrogens is 5. The highest BCUT2D eigenvalue weighted by Crippen LogP contribution is 2.30. The molecular formula is C21H22N6O. The Hall–Kier alpha value is -3.06. The molecule has 3 heterocycles. The van der Waals surface area contributed by atoms with E-state index >= 15 is 0 Å². The zero-order valence-corrected chi connectivity index (χ0v) is 15.7. The van der Waals surface area contributed by atoms with E-state index in [-0.39, 0.29) is 0 Å². The predicted octanol–water partition coefficient (Wildman–Crippen LogP) is 3.94. The number of hydrogen-bond donors (Lipinski definition) is 2. The van der Waals surface area contributed by atoms with Crippen LogP contribution in [0.1, 0.15) is 25.7 Å². The van der Waals surface area contributed by atoms with Gasteiger partial charge in [-0.3, -0.25) is 0 Å². The SMILES string of the molecule is COC1CCC(Nc2ncc3c(-c4ccc5ncncc5c4)c[nH]c3n2)CC1. The third kappa shape index (κ3) is 3.18. The number of fused-ring (bicyclic) bond motifs is 2. The molecule has 7 heteroatoms. The lowest BCUT2D eigenvalue weighted by molar-refractivity contribution is 0.0681. The van der Waals surface area contributed by atoms with Gasteiger partial charge in [0.25, 0.3) is 0 Å². The summed E-state index contributed by atoms with van der Waals surface area (Å²) in [5.74, 6) is 0.675. The van der Waals surface area contributed by atoms with Gasteiger partial charge in [-0.15, -0.1) is 0 Å². The first-order valence-corrected chi connectivity index (χ1v) is 9.64. The van der Waals surface area contributed by atoms with Gasteiger partial charge in [-0.25, -0.2) is 15.0 Å². The first-order valence-electron chi connectivity index (χ1n) is 9.64. The molecule has 7 nitrogen and oxygen atoms in total. The average molecular weight is 374 g/mol. The van der Waals surface area contributed by atoms with Crippen LogP contribution in [0.15, 0.2) is 43.1 Å². The van der Waals surface area contributed by atoms with Crippen LogP contribution in [0, 0.1) is 0 Å². The molecule has 1 aliphatic carbocycles. The Bertz CT molecular complexity index is 1120. The number of benzene rings is 1. The molecule has 5 rings (SSSR count). The van der Waals surface area contributed by atoms with E-state index in [1.54, 1.807) is 13.4 Å². The lowest BCUT2D eigenvalue weighted by Gasteiger charge is -2.28. The smallest absolute Gasteiger partial charge is 0.224 e. The first-order chi connectivity index (χ1) is 13.8. The van der Waals surface area contributed by atoms with Crippen LogP contribution in [0.3, 0.4) is 0 Å². The maximum atomic E-state index is 5.45. The maximum absolute atomic E-state index is 5.45. The molecule has 3 aromatic heterocycles. The normalized spacial score (nSPS) is 19.9. The second-order valence-electron chi connectivity index (χ2n) is 7.31. The number of hydrogen-bond acceptors (Lipinski definition) is 6. The molecule has 1 saturated carbocycles. The number of nitrogens with one attached hydrogen (secondary N) is 2. The summed E-state index contributed by atoms with van der Waals surface area (Å²) in [6.07, 6.45) is 12.0. The van der Waals surface area contributed by atoms with Crippen LogP contribution < -0.4 is 5.32 Å². The van der Waals surface area contributed by atoms with Crippen molar-refractivity contribution < 1.29 is 4.74 Å². The number of ether oxygens (including phenoxy) is 1. The van der Waals surface area contributed by atoms with Crippen molar-refractivity contribution >= 4 is 27.9 Å². The van der Waals surface area contributed by atoms with Gasteiger partial charge in [-0.05, 0) is 43.4 Å². The van der Waals surface area contributed by atoms with E-state index in [9.17, 15) is 0 Å². The lowest BCUT2D eigenvalue weighted by Crippen LogP contribution is -2.29. The van der Waals surface area contributed by atoms with Crippen LogP contribution >= 0.6 is 0 Å². The van der Waals surface area contributed by atoms with Crippen molar-refractivity contribution in [3.8, 4) is 11.1 Å². The Balaban J connectivity index is 1.40. The standard InChI is InChI=1S/C21H22N6O/c1-28-16-5-3-15(4-6-16)26-21-24-11-18-17(10-23-20(18)27-21)13-2-7-19-14(8-13)9-22-12-25-19/h2,7-12,15-16H,3-6H2,1H3,(H2,23,24,26,27). The van der Waals surface area contributed by atoms with E-state index in [4.69, 9.17) is 4.74 Å². The number of methoxy groups -OCH3 is 1. The summed E-state index contributed by atoms with van der Waals surface area (Å²) >= 11 is 0. The highest BCUT2D eigenvalue weighted by atomic mass is 16.5. The van der Waals surface area contributed by atoms with Crippen molar-refractivity contribution in [2.45, 2.75) is 37.8 Å². The predicted molar refractivity (Wildman–Crippen MR) is 109 cm³/mol. The topological polar surface area (TPSA) is 88.6 Å². The summed E-state index contributed by atoms with van der Waals surface area (Å²) in [5, 5.41) is 5.50. The fourth-order valence-corrected chi connectivity index (χ4v) is 3.99. The van der Waals surface area contributed by atoms with Crippen molar-refractivity contribution in [2.75, 3.05) is 12.4 Å². The Labute approximate surface area is 162 Å². The molecule has 0 aliphatic heterocycles. The van der Waals surface area contributed by atoms with E-state index in [0.29, 0.717) is 18.1 Å². The van der Waals surface area contributed by atoms with Crippen molar-refractivity contribution in [3.63, 3.8) is 0 Å². The van der Waals surface area contributed by atoms with E-state index in [1.165, 1.54) is 0 Å². The Morgan fingerprint density at radius 2 is 2.00 bits per heavy atom. The first kappa shape index (κ1) is 17.1. The van der Waals surface area contributed by atoms with Gasteiger partial charge in [-0.2, -0.15) is 4.98 Å². The minimum Gasteiger partial charge on any atom is -0.381 e. The fraction of sp³-hybridized carbons (Fsp3) is 0.333. The summed E-state index contributed by atoms with van der Waals surface area (Å²) < 4.78 is 5.45. The Morgan fingerprint density at radius 3 is 2.86 bits per heavy atom. The summed E-state index contributed by atoms with van der Waals surface area (Å²) in [4.78, 5) is 20.9. The van der Waals surface area contributed by atoms with Gasteiger partial charge in [0.05, 0.1) is 11.6 Å². The van der Waals surface area contributed by atoms with Gasteiger partial charge in [0, 0.05) is 48.1 Å². The molecule has 28 heavy (non-hydrogen) atoms. The van der Waals surface area contributed by atoms with Crippen molar-refractivity contribution in [1.29, 1.82) is 0 Å². The minimum absolute atomic E-state index is 0.389. The number of rotatable bonds is 4. The molecule has 1 fully saturated rings. The van der Waals surface area contributed by atoms with Crippen LogP contribution in [0.5, 0.6) is 0 Å². The van der Waals surface area contributed by atoms with E-state index in [1.807, 2.05) is 24.7 Å². The second kappa shape index (κ2) is 7.16. The van der Waals surface area contributed by atoms with Crippen molar-refractivity contribution in [1.82, 2.24) is 24.9 Å². The van der Waals surface area contributed by atoms with Crippen LogP contribution in [0.2, 0.25) is 0 Å². The van der Waals surface area contributed by atoms with Crippen LogP contribution in [-0.4, -0.2) is 44.2 Å². The third-order valence-electron chi connectivity index (χ3n) is 5.59. The molecule has 0 unspecified atom stereocenters. The summed E-state index contributed by atoms with van der Waals surface area (Å²) in [6, 6.07) is 6.58. The maximum Gasteiger partial charge on any atom is 0.224 e. The van der Waals surface area contributed by atoms with Crippen LogP contribution in [0.25, 0.3) is 33.1 Å².